The molecule has 0 spiro atoms. The Balaban J connectivity index is 2.26. The van der Waals surface area contributed by atoms with E-state index in [0.29, 0.717) is 17.2 Å². The summed E-state index contributed by atoms with van der Waals surface area (Å²) in [6.07, 6.45) is 1.51. The van der Waals surface area contributed by atoms with Gasteiger partial charge in [0.05, 0.1) is 25.7 Å². The molecule has 0 atom stereocenters. The number of nitrogens with zero attached hydrogens (tertiary/aromatic N) is 1. The number of sulfone groups is 1. The Bertz CT molecular complexity index is 756. The standard InChI is InChI=1S/C16H19NO4S/c1-12-5-4-6-13(9-12)10-22(18,19)11-14-16(21-3)15(20-2)7-8-17-14/h4-9H,10-11H2,1-3H3. The van der Waals surface area contributed by atoms with Crippen LogP contribution in [0.4, 0.5) is 0 Å². The van der Waals surface area contributed by atoms with Crippen molar-refractivity contribution in [2.45, 2.75) is 18.4 Å². The van der Waals surface area contributed by atoms with Crippen LogP contribution >= 0.6 is 0 Å². The maximum Gasteiger partial charge on any atom is 0.183 e. The lowest BCUT2D eigenvalue weighted by atomic mass is 10.2. The molecule has 1 aromatic heterocycles. The summed E-state index contributed by atoms with van der Waals surface area (Å²) in [4.78, 5) is 4.12. The lowest BCUT2D eigenvalue weighted by molar-refractivity contribution is 0.350. The van der Waals surface area contributed by atoms with Crippen LogP contribution < -0.4 is 9.47 Å². The molecule has 5 nitrogen and oxygen atoms in total. The Hall–Kier alpha value is -2.08. The first-order valence-electron chi connectivity index (χ1n) is 6.77. The molecule has 0 amide bonds. The van der Waals surface area contributed by atoms with Gasteiger partial charge in [-0.1, -0.05) is 29.8 Å². The highest BCUT2D eigenvalue weighted by molar-refractivity contribution is 7.89. The first-order valence-corrected chi connectivity index (χ1v) is 8.59. The normalized spacial score (nSPS) is 11.2. The predicted octanol–water partition coefficient (Wildman–Crippen LogP) is 2.52. The van der Waals surface area contributed by atoms with E-state index in [-0.39, 0.29) is 11.5 Å². The fourth-order valence-electron chi connectivity index (χ4n) is 2.27. The summed E-state index contributed by atoms with van der Waals surface area (Å²) in [6.45, 7) is 1.93. The summed E-state index contributed by atoms with van der Waals surface area (Å²) >= 11 is 0. The Morgan fingerprint density at radius 2 is 1.86 bits per heavy atom. The van der Waals surface area contributed by atoms with Crippen LogP contribution in [0.3, 0.4) is 0 Å². The average Bonchev–Trinajstić information content (AvgIpc) is 2.45. The van der Waals surface area contributed by atoms with Crippen molar-refractivity contribution in [2.75, 3.05) is 14.2 Å². The van der Waals surface area contributed by atoms with Crippen LogP contribution in [-0.2, 0) is 21.3 Å². The molecule has 2 aromatic rings. The van der Waals surface area contributed by atoms with Gasteiger partial charge in [-0.25, -0.2) is 8.42 Å². The molecule has 0 unspecified atom stereocenters. The molecule has 1 heterocycles. The molecule has 0 saturated carbocycles. The van der Waals surface area contributed by atoms with E-state index in [2.05, 4.69) is 4.98 Å². The van der Waals surface area contributed by atoms with E-state index in [4.69, 9.17) is 9.47 Å². The Labute approximate surface area is 130 Å². The molecule has 0 aliphatic carbocycles. The topological polar surface area (TPSA) is 65.5 Å². The molecule has 6 heteroatoms. The van der Waals surface area contributed by atoms with Crippen molar-refractivity contribution in [3.05, 3.63) is 53.3 Å². The van der Waals surface area contributed by atoms with Crippen LogP contribution in [0.5, 0.6) is 11.5 Å². The SMILES string of the molecule is COc1ccnc(CS(=O)(=O)Cc2cccc(C)c2)c1OC. The Morgan fingerprint density at radius 3 is 2.50 bits per heavy atom. The van der Waals surface area contributed by atoms with Crippen LogP contribution in [0.1, 0.15) is 16.8 Å². The number of aryl methyl sites for hydroxylation is 1. The second-order valence-corrected chi connectivity index (χ2v) is 7.08. The lowest BCUT2D eigenvalue weighted by Gasteiger charge is -2.12. The fourth-order valence-corrected chi connectivity index (χ4v) is 3.68. The van der Waals surface area contributed by atoms with Gasteiger partial charge in [-0.3, -0.25) is 4.98 Å². The summed E-state index contributed by atoms with van der Waals surface area (Å²) in [5.41, 5.74) is 2.15. The molecular formula is C16H19NO4S. The molecule has 1 aromatic carbocycles. The van der Waals surface area contributed by atoms with E-state index in [1.807, 2.05) is 25.1 Å². The molecule has 22 heavy (non-hydrogen) atoms. The molecule has 118 valence electrons. The van der Waals surface area contributed by atoms with Crippen LogP contribution in [0.15, 0.2) is 36.5 Å². The van der Waals surface area contributed by atoms with Gasteiger partial charge >= 0.3 is 0 Å². The smallest absolute Gasteiger partial charge is 0.183 e. The van der Waals surface area contributed by atoms with Gasteiger partial charge < -0.3 is 9.47 Å². The van der Waals surface area contributed by atoms with E-state index >= 15 is 0 Å². The van der Waals surface area contributed by atoms with E-state index < -0.39 is 9.84 Å². The van der Waals surface area contributed by atoms with Crippen LogP contribution in [0.2, 0.25) is 0 Å². The van der Waals surface area contributed by atoms with Gasteiger partial charge in [0, 0.05) is 12.3 Å². The number of hydrogen-bond acceptors (Lipinski definition) is 5. The number of pyridine rings is 1. The first-order chi connectivity index (χ1) is 10.4. The van der Waals surface area contributed by atoms with Crippen molar-refractivity contribution >= 4 is 9.84 Å². The molecule has 2 rings (SSSR count). The number of benzene rings is 1. The van der Waals surface area contributed by atoms with Gasteiger partial charge in [-0.05, 0) is 12.5 Å². The second kappa shape index (κ2) is 6.79. The van der Waals surface area contributed by atoms with Crippen molar-refractivity contribution < 1.29 is 17.9 Å². The van der Waals surface area contributed by atoms with E-state index in [1.54, 1.807) is 12.1 Å². The minimum atomic E-state index is -3.36. The highest BCUT2D eigenvalue weighted by Gasteiger charge is 2.19. The lowest BCUT2D eigenvalue weighted by Crippen LogP contribution is -2.10. The summed E-state index contributed by atoms with van der Waals surface area (Å²) in [7, 11) is -0.389. The van der Waals surface area contributed by atoms with Crippen molar-refractivity contribution in [1.29, 1.82) is 0 Å². The maximum atomic E-state index is 12.4. The zero-order valence-corrected chi connectivity index (χ0v) is 13.7. The largest absolute Gasteiger partial charge is 0.493 e. The summed E-state index contributed by atoms with van der Waals surface area (Å²) in [5.74, 6) is 0.606. The minimum Gasteiger partial charge on any atom is -0.493 e. The maximum absolute atomic E-state index is 12.4. The number of methoxy groups -OCH3 is 2. The van der Waals surface area contributed by atoms with Crippen molar-refractivity contribution in [3.8, 4) is 11.5 Å². The van der Waals surface area contributed by atoms with Crippen LogP contribution in [0, 0.1) is 6.92 Å². The average molecular weight is 321 g/mol. The van der Waals surface area contributed by atoms with Gasteiger partial charge in [0.2, 0.25) is 0 Å². The van der Waals surface area contributed by atoms with Crippen LogP contribution in [-0.4, -0.2) is 27.6 Å². The molecule has 0 aliphatic rings. The minimum absolute atomic E-state index is 0.0310. The summed E-state index contributed by atoms with van der Waals surface area (Å²) in [6, 6.07) is 9.09. The Morgan fingerprint density at radius 1 is 1.09 bits per heavy atom. The fraction of sp³-hybridized carbons (Fsp3) is 0.312. The highest BCUT2D eigenvalue weighted by atomic mass is 32.2. The van der Waals surface area contributed by atoms with Gasteiger partial charge in [0.1, 0.15) is 5.69 Å². The van der Waals surface area contributed by atoms with Gasteiger partial charge in [-0.2, -0.15) is 0 Å². The molecule has 0 radical (unpaired) electrons. The van der Waals surface area contributed by atoms with Gasteiger partial charge in [0.15, 0.2) is 21.3 Å². The quantitative estimate of drug-likeness (QED) is 0.818. The summed E-state index contributed by atoms with van der Waals surface area (Å²) < 4.78 is 35.2. The first kappa shape index (κ1) is 16.3. The number of hydrogen-bond donors (Lipinski definition) is 0. The van der Waals surface area contributed by atoms with E-state index in [9.17, 15) is 8.42 Å². The molecular weight excluding hydrogens is 302 g/mol. The monoisotopic (exact) mass is 321 g/mol. The molecule has 0 fully saturated rings. The van der Waals surface area contributed by atoms with Crippen molar-refractivity contribution in [2.24, 2.45) is 0 Å². The summed E-state index contributed by atoms with van der Waals surface area (Å²) in [5, 5.41) is 0. The van der Waals surface area contributed by atoms with Gasteiger partial charge in [-0.15, -0.1) is 0 Å². The molecule has 0 aliphatic heterocycles. The third-order valence-corrected chi connectivity index (χ3v) is 4.68. The molecule has 0 N–H and O–H groups in total. The molecule has 0 saturated heterocycles. The van der Waals surface area contributed by atoms with Crippen molar-refractivity contribution in [3.63, 3.8) is 0 Å². The van der Waals surface area contributed by atoms with Crippen molar-refractivity contribution in [1.82, 2.24) is 4.98 Å². The predicted molar refractivity (Wildman–Crippen MR) is 84.8 cm³/mol. The molecule has 0 bridgehead atoms. The number of rotatable bonds is 6. The number of ether oxygens (including phenoxy) is 2. The number of aromatic nitrogens is 1. The zero-order chi connectivity index (χ0) is 16.2. The highest BCUT2D eigenvalue weighted by Crippen LogP contribution is 2.30. The van der Waals surface area contributed by atoms with Crippen LogP contribution in [0.25, 0.3) is 0 Å². The third-order valence-electron chi connectivity index (χ3n) is 3.19. The Kier molecular flexibility index (Phi) is 5.03. The van der Waals surface area contributed by atoms with E-state index in [1.165, 1.54) is 20.4 Å². The zero-order valence-electron chi connectivity index (χ0n) is 12.9. The van der Waals surface area contributed by atoms with Gasteiger partial charge in [0.25, 0.3) is 0 Å². The van der Waals surface area contributed by atoms with E-state index in [0.717, 1.165) is 11.1 Å². The third kappa shape index (κ3) is 3.98. The second-order valence-electron chi connectivity index (χ2n) is 5.01.